The predicted molar refractivity (Wildman–Crippen MR) is 106 cm³/mol. The molecule has 0 aromatic carbocycles. The van der Waals surface area contributed by atoms with E-state index < -0.39 is 12.1 Å². The Hall–Kier alpha value is -2.14. The Morgan fingerprint density at radius 3 is 2.29 bits per heavy atom. The van der Waals surface area contributed by atoms with Crippen molar-refractivity contribution in [3.05, 3.63) is 18.0 Å². The molecule has 1 aromatic heterocycles. The molecule has 0 bridgehead atoms. The molecule has 1 aliphatic heterocycles. The third-order valence-corrected chi connectivity index (χ3v) is 5.80. The van der Waals surface area contributed by atoms with Crippen LogP contribution in [-0.2, 0) is 21.4 Å². The zero-order valence-corrected chi connectivity index (χ0v) is 18.0. The number of morpholine rings is 1. The van der Waals surface area contributed by atoms with Crippen molar-refractivity contribution in [2.45, 2.75) is 63.2 Å². The van der Waals surface area contributed by atoms with Crippen LogP contribution in [-0.4, -0.2) is 69.7 Å². The molecule has 2 N–H and O–H groups in total. The molecule has 1 aromatic rings. The van der Waals surface area contributed by atoms with Crippen molar-refractivity contribution >= 4 is 11.9 Å². The molecule has 2 fully saturated rings. The minimum atomic E-state index is -5.08. The van der Waals surface area contributed by atoms with Crippen LogP contribution in [0.4, 0.5) is 13.2 Å². The van der Waals surface area contributed by atoms with Crippen molar-refractivity contribution in [1.29, 1.82) is 0 Å². The number of hydrogen-bond acceptors (Lipinski definition) is 5. The average molecular weight is 448 g/mol. The second-order valence-electron chi connectivity index (χ2n) is 7.88. The first-order chi connectivity index (χ1) is 14.6. The Bertz CT molecular complexity index is 726. The minimum Gasteiger partial charge on any atom is -0.475 e. The van der Waals surface area contributed by atoms with Gasteiger partial charge in [0.1, 0.15) is 5.54 Å². The summed E-state index contributed by atoms with van der Waals surface area (Å²) in [6, 6.07) is 0.0334. The van der Waals surface area contributed by atoms with Gasteiger partial charge in [0.15, 0.2) is 0 Å². The molecule has 11 heteroatoms. The van der Waals surface area contributed by atoms with Crippen LogP contribution in [0.15, 0.2) is 12.4 Å². The number of hydrogen-bond donors (Lipinski definition) is 2. The maximum atomic E-state index is 13.3. The third-order valence-electron chi connectivity index (χ3n) is 5.80. The molecule has 1 unspecified atom stereocenters. The van der Waals surface area contributed by atoms with Crippen LogP contribution in [0.2, 0.25) is 0 Å². The number of carboxylic acids is 1. The number of halogens is 3. The van der Waals surface area contributed by atoms with E-state index in [4.69, 9.17) is 14.6 Å². The van der Waals surface area contributed by atoms with Gasteiger partial charge in [-0.2, -0.15) is 18.3 Å². The number of aromatic nitrogens is 2. The standard InChI is InChI=1S/C18H30N4O2.C2HF3O2/c1-3-16(15-13-19-21(2)14-15)20-17(23)18(7-5-4-6-8-18)22-9-11-24-12-10-22;3-2(4,5)1(6)7/h13-14,16H,3-12H2,1-2H3,(H,20,23);(H,6,7). The van der Waals surface area contributed by atoms with Crippen molar-refractivity contribution in [2.75, 3.05) is 26.3 Å². The van der Waals surface area contributed by atoms with Gasteiger partial charge in [-0.15, -0.1) is 0 Å². The molecule has 0 spiro atoms. The highest BCUT2D eigenvalue weighted by molar-refractivity contribution is 5.87. The quantitative estimate of drug-likeness (QED) is 0.719. The SMILES string of the molecule is CCC(NC(=O)C1(N2CCOCC2)CCCCC1)c1cnn(C)c1.O=C(O)C(F)(F)F. The van der Waals surface area contributed by atoms with Crippen molar-refractivity contribution < 1.29 is 32.6 Å². The number of alkyl halides is 3. The zero-order valence-electron chi connectivity index (χ0n) is 18.0. The van der Waals surface area contributed by atoms with Gasteiger partial charge < -0.3 is 15.2 Å². The number of carbonyl (C=O) groups excluding carboxylic acids is 1. The largest absolute Gasteiger partial charge is 0.490 e. The lowest BCUT2D eigenvalue weighted by molar-refractivity contribution is -0.192. The summed E-state index contributed by atoms with van der Waals surface area (Å²) < 4.78 is 39.0. The molecule has 2 heterocycles. The van der Waals surface area contributed by atoms with Gasteiger partial charge >= 0.3 is 12.1 Å². The second-order valence-corrected chi connectivity index (χ2v) is 7.88. The number of ether oxygens (including phenoxy) is 1. The Morgan fingerprint density at radius 1 is 1.26 bits per heavy atom. The van der Waals surface area contributed by atoms with Gasteiger partial charge in [0, 0.05) is 31.9 Å². The van der Waals surface area contributed by atoms with Crippen LogP contribution in [0.5, 0.6) is 0 Å². The van der Waals surface area contributed by atoms with E-state index in [0.29, 0.717) is 0 Å². The first kappa shape index (κ1) is 25.1. The van der Waals surface area contributed by atoms with Crippen molar-refractivity contribution in [3.63, 3.8) is 0 Å². The first-order valence-corrected chi connectivity index (χ1v) is 10.5. The molecule has 2 aliphatic rings. The number of rotatable bonds is 5. The number of amides is 1. The summed E-state index contributed by atoms with van der Waals surface area (Å²) in [5.41, 5.74) is 0.735. The number of carboxylic acid groups (broad SMARTS) is 1. The van der Waals surface area contributed by atoms with E-state index >= 15 is 0 Å². The van der Waals surface area contributed by atoms with Gasteiger partial charge in [0.05, 0.1) is 25.5 Å². The highest BCUT2D eigenvalue weighted by Crippen LogP contribution is 2.35. The van der Waals surface area contributed by atoms with E-state index in [1.807, 2.05) is 19.4 Å². The van der Waals surface area contributed by atoms with Gasteiger partial charge in [-0.1, -0.05) is 26.2 Å². The molecule has 176 valence electrons. The fourth-order valence-electron chi connectivity index (χ4n) is 4.15. The van der Waals surface area contributed by atoms with Gasteiger partial charge in [0.2, 0.25) is 5.91 Å². The predicted octanol–water partition coefficient (Wildman–Crippen LogP) is 2.66. The van der Waals surface area contributed by atoms with E-state index in [2.05, 4.69) is 22.2 Å². The number of carbonyl (C=O) groups is 2. The highest BCUT2D eigenvalue weighted by atomic mass is 19.4. The number of aryl methyl sites for hydroxylation is 1. The fraction of sp³-hybridized carbons (Fsp3) is 0.750. The molecular formula is C20H31F3N4O4. The molecule has 1 atom stereocenters. The number of nitrogens with zero attached hydrogens (tertiary/aromatic N) is 3. The summed E-state index contributed by atoms with van der Waals surface area (Å²) in [4.78, 5) is 24.6. The Labute approximate surface area is 179 Å². The molecule has 1 aliphatic carbocycles. The van der Waals surface area contributed by atoms with Crippen molar-refractivity contribution in [1.82, 2.24) is 20.0 Å². The Morgan fingerprint density at radius 2 is 1.84 bits per heavy atom. The fourth-order valence-corrected chi connectivity index (χ4v) is 4.15. The summed E-state index contributed by atoms with van der Waals surface area (Å²) in [5, 5.41) is 14.7. The maximum Gasteiger partial charge on any atom is 0.490 e. The third kappa shape index (κ3) is 6.67. The second kappa shape index (κ2) is 10.9. The highest BCUT2D eigenvalue weighted by Gasteiger charge is 2.45. The van der Waals surface area contributed by atoms with Crippen molar-refractivity contribution in [3.8, 4) is 0 Å². The monoisotopic (exact) mass is 448 g/mol. The van der Waals surface area contributed by atoms with E-state index in [1.54, 1.807) is 4.68 Å². The van der Waals surface area contributed by atoms with Crippen LogP contribution < -0.4 is 5.32 Å². The lowest BCUT2D eigenvalue weighted by atomic mass is 9.79. The summed E-state index contributed by atoms with van der Waals surface area (Å²) >= 11 is 0. The van der Waals surface area contributed by atoms with Crippen molar-refractivity contribution in [2.24, 2.45) is 7.05 Å². The average Bonchev–Trinajstić information content (AvgIpc) is 3.18. The van der Waals surface area contributed by atoms with Gasteiger partial charge in [-0.25, -0.2) is 4.79 Å². The summed E-state index contributed by atoms with van der Waals surface area (Å²) in [6.45, 7) is 5.29. The van der Waals surface area contributed by atoms with Crippen LogP contribution in [0.3, 0.4) is 0 Å². The zero-order chi connectivity index (χ0) is 23.1. The normalized spacial score (nSPS) is 20.3. The Kier molecular flexibility index (Phi) is 8.87. The Balaban J connectivity index is 0.000000423. The molecular weight excluding hydrogens is 417 g/mol. The van der Waals surface area contributed by atoms with Gasteiger partial charge in [-0.05, 0) is 19.3 Å². The maximum absolute atomic E-state index is 13.3. The number of nitrogens with one attached hydrogen (secondary N) is 1. The minimum absolute atomic E-state index is 0.0334. The molecule has 1 amide bonds. The summed E-state index contributed by atoms with van der Waals surface area (Å²) in [7, 11) is 1.91. The molecule has 3 rings (SSSR count). The summed E-state index contributed by atoms with van der Waals surface area (Å²) in [6.07, 6.45) is 5.07. The number of aliphatic carboxylic acids is 1. The van der Waals surface area contributed by atoms with E-state index in [9.17, 15) is 18.0 Å². The molecule has 1 saturated heterocycles. The lowest BCUT2D eigenvalue weighted by Gasteiger charge is -2.47. The topological polar surface area (TPSA) is 96.7 Å². The molecule has 31 heavy (non-hydrogen) atoms. The molecule has 0 radical (unpaired) electrons. The molecule has 8 nitrogen and oxygen atoms in total. The van der Waals surface area contributed by atoms with E-state index in [0.717, 1.165) is 64.0 Å². The van der Waals surface area contributed by atoms with Gasteiger partial charge in [0.25, 0.3) is 0 Å². The van der Waals surface area contributed by atoms with Crippen LogP contribution in [0.25, 0.3) is 0 Å². The smallest absolute Gasteiger partial charge is 0.475 e. The summed E-state index contributed by atoms with van der Waals surface area (Å²) in [5.74, 6) is -2.56. The van der Waals surface area contributed by atoms with Gasteiger partial charge in [-0.3, -0.25) is 14.4 Å². The van der Waals surface area contributed by atoms with Crippen LogP contribution >= 0.6 is 0 Å². The van der Waals surface area contributed by atoms with Crippen LogP contribution in [0, 0.1) is 0 Å². The van der Waals surface area contributed by atoms with E-state index in [1.165, 1.54) is 6.42 Å². The molecule has 1 saturated carbocycles. The first-order valence-electron chi connectivity index (χ1n) is 10.5. The lowest BCUT2D eigenvalue weighted by Crippen LogP contribution is -2.62. The van der Waals surface area contributed by atoms with E-state index in [-0.39, 0.29) is 17.5 Å². The van der Waals surface area contributed by atoms with Crippen LogP contribution in [0.1, 0.15) is 57.1 Å².